The summed E-state index contributed by atoms with van der Waals surface area (Å²) in [6.45, 7) is 1.06. The quantitative estimate of drug-likeness (QED) is 0.482. The van der Waals surface area contributed by atoms with E-state index in [2.05, 4.69) is 15.4 Å². The summed E-state index contributed by atoms with van der Waals surface area (Å²) in [4.78, 5) is 0.220. The van der Waals surface area contributed by atoms with Crippen LogP contribution in [0, 0.1) is 0 Å². The van der Waals surface area contributed by atoms with Gasteiger partial charge in [0.2, 0.25) is 10.0 Å². The second-order valence-corrected chi connectivity index (χ2v) is 7.38. The molecule has 134 valence electrons. The zero-order valence-corrected chi connectivity index (χ0v) is 15.5. The minimum absolute atomic E-state index is 0.220. The molecule has 25 heavy (non-hydrogen) atoms. The molecule has 2 aromatic rings. The molecule has 0 atom stereocenters. The Kier molecular flexibility index (Phi) is 7.32. The summed E-state index contributed by atoms with van der Waals surface area (Å²) in [5.41, 5.74) is 1.83. The van der Waals surface area contributed by atoms with E-state index in [4.69, 9.17) is 17.0 Å². The van der Waals surface area contributed by atoms with E-state index in [1.54, 1.807) is 24.3 Å². The SMILES string of the molecule is COCCNS(=O)(=O)c1ccc(CNC(=S)Nc2ccccc2)cc1. The lowest BCUT2D eigenvalue weighted by Crippen LogP contribution is -2.28. The topological polar surface area (TPSA) is 79.5 Å². The third-order valence-electron chi connectivity index (χ3n) is 3.32. The number of thiocarbonyl (C=S) groups is 1. The van der Waals surface area contributed by atoms with Crippen LogP contribution in [0.2, 0.25) is 0 Å². The van der Waals surface area contributed by atoms with Crippen LogP contribution in [0.25, 0.3) is 0 Å². The molecule has 0 saturated carbocycles. The van der Waals surface area contributed by atoms with E-state index in [0.29, 0.717) is 18.3 Å². The average Bonchev–Trinajstić information content (AvgIpc) is 2.61. The number of nitrogens with one attached hydrogen (secondary N) is 3. The Labute approximate surface area is 153 Å². The molecule has 0 unspecified atom stereocenters. The first kappa shape index (κ1) is 19.3. The summed E-state index contributed by atoms with van der Waals surface area (Å²) < 4.78 is 31.5. The number of anilines is 1. The van der Waals surface area contributed by atoms with Gasteiger partial charge in [0, 0.05) is 25.9 Å². The van der Waals surface area contributed by atoms with Crippen LogP contribution in [-0.2, 0) is 21.3 Å². The van der Waals surface area contributed by atoms with E-state index >= 15 is 0 Å². The molecule has 0 heterocycles. The third-order valence-corrected chi connectivity index (χ3v) is 5.04. The maximum atomic E-state index is 12.1. The molecule has 0 aromatic heterocycles. The molecular formula is C17H21N3O3S2. The van der Waals surface area contributed by atoms with Gasteiger partial charge in [-0.2, -0.15) is 0 Å². The van der Waals surface area contributed by atoms with Gasteiger partial charge in [0.25, 0.3) is 0 Å². The van der Waals surface area contributed by atoms with Crippen molar-refractivity contribution >= 4 is 33.0 Å². The molecule has 0 amide bonds. The largest absolute Gasteiger partial charge is 0.383 e. The van der Waals surface area contributed by atoms with Gasteiger partial charge in [0.1, 0.15) is 0 Å². The molecule has 0 bridgehead atoms. The van der Waals surface area contributed by atoms with Crippen LogP contribution in [0.1, 0.15) is 5.56 Å². The second kappa shape index (κ2) is 9.47. The number of rotatable bonds is 8. The molecule has 0 aliphatic rings. The lowest BCUT2D eigenvalue weighted by molar-refractivity contribution is 0.204. The fourth-order valence-electron chi connectivity index (χ4n) is 2.03. The molecule has 0 fully saturated rings. The van der Waals surface area contributed by atoms with Crippen LogP contribution in [-0.4, -0.2) is 33.8 Å². The number of sulfonamides is 1. The van der Waals surface area contributed by atoms with Crippen molar-refractivity contribution in [3.63, 3.8) is 0 Å². The second-order valence-electron chi connectivity index (χ2n) is 5.21. The van der Waals surface area contributed by atoms with Crippen molar-refractivity contribution in [2.24, 2.45) is 0 Å². The minimum atomic E-state index is -3.51. The maximum absolute atomic E-state index is 12.1. The van der Waals surface area contributed by atoms with Crippen LogP contribution in [0.5, 0.6) is 0 Å². The molecule has 0 aliphatic carbocycles. The highest BCUT2D eigenvalue weighted by atomic mass is 32.2. The Morgan fingerprint density at radius 1 is 1.08 bits per heavy atom. The number of para-hydroxylation sites is 1. The molecule has 2 rings (SSSR count). The predicted octanol–water partition coefficient (Wildman–Crippen LogP) is 2.10. The number of benzene rings is 2. The van der Waals surface area contributed by atoms with Crippen molar-refractivity contribution in [3.05, 3.63) is 60.2 Å². The Bertz CT molecular complexity index is 779. The lowest BCUT2D eigenvalue weighted by Gasteiger charge is -2.11. The van der Waals surface area contributed by atoms with Crippen molar-refractivity contribution < 1.29 is 13.2 Å². The number of ether oxygens (including phenoxy) is 1. The highest BCUT2D eigenvalue weighted by molar-refractivity contribution is 7.89. The zero-order valence-electron chi connectivity index (χ0n) is 13.9. The molecule has 0 radical (unpaired) electrons. The molecule has 2 aromatic carbocycles. The van der Waals surface area contributed by atoms with Crippen molar-refractivity contribution in [2.45, 2.75) is 11.4 Å². The highest BCUT2D eigenvalue weighted by Crippen LogP contribution is 2.10. The summed E-state index contributed by atoms with van der Waals surface area (Å²) in [6.07, 6.45) is 0. The van der Waals surface area contributed by atoms with E-state index in [1.165, 1.54) is 7.11 Å². The Balaban J connectivity index is 1.86. The Morgan fingerprint density at radius 3 is 2.40 bits per heavy atom. The van der Waals surface area contributed by atoms with Crippen LogP contribution in [0.3, 0.4) is 0 Å². The predicted molar refractivity (Wildman–Crippen MR) is 103 cm³/mol. The van der Waals surface area contributed by atoms with Gasteiger partial charge < -0.3 is 15.4 Å². The zero-order chi connectivity index (χ0) is 18.1. The van der Waals surface area contributed by atoms with Crippen LogP contribution >= 0.6 is 12.2 Å². The van der Waals surface area contributed by atoms with Crippen molar-refractivity contribution in [2.75, 3.05) is 25.6 Å². The normalized spacial score (nSPS) is 11.1. The standard InChI is InChI=1S/C17H21N3O3S2/c1-23-12-11-19-25(21,22)16-9-7-14(8-10-16)13-18-17(24)20-15-5-3-2-4-6-15/h2-10,19H,11-13H2,1H3,(H2,18,20,24). The number of hydrogen-bond donors (Lipinski definition) is 3. The fourth-order valence-corrected chi connectivity index (χ4v) is 3.23. The smallest absolute Gasteiger partial charge is 0.240 e. The Morgan fingerprint density at radius 2 is 1.76 bits per heavy atom. The van der Waals surface area contributed by atoms with Crippen molar-refractivity contribution in [1.82, 2.24) is 10.0 Å². The molecule has 0 saturated heterocycles. The molecular weight excluding hydrogens is 358 g/mol. The van der Waals surface area contributed by atoms with E-state index in [-0.39, 0.29) is 11.4 Å². The van der Waals surface area contributed by atoms with Crippen molar-refractivity contribution in [1.29, 1.82) is 0 Å². The van der Waals surface area contributed by atoms with E-state index < -0.39 is 10.0 Å². The number of hydrogen-bond acceptors (Lipinski definition) is 4. The first-order valence-corrected chi connectivity index (χ1v) is 9.58. The monoisotopic (exact) mass is 379 g/mol. The molecule has 6 nitrogen and oxygen atoms in total. The van der Waals surface area contributed by atoms with E-state index in [1.807, 2.05) is 30.3 Å². The van der Waals surface area contributed by atoms with Crippen LogP contribution in [0.15, 0.2) is 59.5 Å². The maximum Gasteiger partial charge on any atom is 0.240 e. The van der Waals surface area contributed by atoms with E-state index in [9.17, 15) is 8.42 Å². The average molecular weight is 380 g/mol. The molecule has 0 aliphatic heterocycles. The molecule has 8 heteroatoms. The fraction of sp³-hybridized carbons (Fsp3) is 0.235. The third kappa shape index (κ3) is 6.43. The Hall–Kier alpha value is -2.00. The molecule has 0 spiro atoms. The summed E-state index contributed by atoms with van der Waals surface area (Å²) in [7, 11) is -1.99. The lowest BCUT2D eigenvalue weighted by atomic mass is 10.2. The molecule has 3 N–H and O–H groups in total. The van der Waals surface area contributed by atoms with Crippen LogP contribution in [0.4, 0.5) is 5.69 Å². The van der Waals surface area contributed by atoms with Crippen LogP contribution < -0.4 is 15.4 Å². The van der Waals surface area contributed by atoms with Gasteiger partial charge in [-0.05, 0) is 42.0 Å². The van der Waals surface area contributed by atoms with Gasteiger partial charge in [0.05, 0.1) is 11.5 Å². The van der Waals surface area contributed by atoms with Crippen molar-refractivity contribution in [3.8, 4) is 0 Å². The summed E-state index contributed by atoms with van der Waals surface area (Å²) in [5.74, 6) is 0. The summed E-state index contributed by atoms with van der Waals surface area (Å²) in [6, 6.07) is 16.3. The van der Waals surface area contributed by atoms with Gasteiger partial charge in [-0.1, -0.05) is 30.3 Å². The van der Waals surface area contributed by atoms with Gasteiger partial charge >= 0.3 is 0 Å². The summed E-state index contributed by atoms with van der Waals surface area (Å²) >= 11 is 5.24. The summed E-state index contributed by atoms with van der Waals surface area (Å²) in [5, 5.41) is 6.67. The highest BCUT2D eigenvalue weighted by Gasteiger charge is 2.12. The van der Waals surface area contributed by atoms with Gasteiger partial charge in [-0.25, -0.2) is 13.1 Å². The van der Waals surface area contributed by atoms with Gasteiger partial charge in [-0.15, -0.1) is 0 Å². The van der Waals surface area contributed by atoms with Gasteiger partial charge in [0.15, 0.2) is 5.11 Å². The first-order valence-electron chi connectivity index (χ1n) is 7.69. The minimum Gasteiger partial charge on any atom is -0.383 e. The number of methoxy groups -OCH3 is 1. The van der Waals surface area contributed by atoms with Gasteiger partial charge in [-0.3, -0.25) is 0 Å². The first-order chi connectivity index (χ1) is 12.0. The van der Waals surface area contributed by atoms with E-state index in [0.717, 1.165) is 11.3 Å².